The Labute approximate surface area is 386 Å². The lowest BCUT2D eigenvalue weighted by atomic mass is 9.91. The van der Waals surface area contributed by atoms with Crippen molar-refractivity contribution in [3.05, 3.63) is 107 Å². The summed E-state index contributed by atoms with van der Waals surface area (Å²) >= 11 is 0. The highest BCUT2D eigenvalue weighted by Crippen LogP contribution is 2.34. The molecule has 10 rings (SSSR count). The normalized spacial score (nSPS) is 18.6. The monoisotopic (exact) mass is 922 g/mol. The first kappa shape index (κ1) is 46.8. The molecule has 4 aliphatic heterocycles. The highest BCUT2D eigenvalue weighted by molar-refractivity contribution is 5.99. The number of carboxylic acids is 1. The molecule has 0 unspecified atom stereocenters. The molecule has 0 aliphatic carbocycles. The van der Waals surface area contributed by atoms with Gasteiger partial charge in [0, 0.05) is 76.3 Å². The standard InChI is InChI=1S/C24H26FN5O3.C18H16FN3O3.C6H12N2O.H2/c1-24(2)23(32)26-9-10-29(24)22(31)20-14-30-21(27-20)18(15-7-11-33-12-8-15)13-19(28-30)16-3-5-17(25)6-4-16;19-13-3-1-12(2-4-13)15-9-14(11-5-7-25-8-6-11)17-20-16(18(23)24)10-22(17)21-15;1-6(2)5(9)7-3-4-8-6;/h3-6,13-15H,7-12H2,1-2H3,(H,26,32);1-4,9-11H,5-8H2,(H,23,24);8H,3-4H2,1-2H3,(H,7,9);1H. The van der Waals surface area contributed by atoms with Crippen molar-refractivity contribution in [1.82, 2.24) is 50.0 Å². The van der Waals surface area contributed by atoms with Crippen LogP contribution in [0.2, 0.25) is 0 Å². The molecule has 4 aliphatic rings. The van der Waals surface area contributed by atoms with E-state index in [0.717, 1.165) is 61.0 Å². The third kappa shape index (κ3) is 10.3. The van der Waals surface area contributed by atoms with E-state index in [2.05, 4.69) is 36.1 Å². The number of ether oxygens (including phenoxy) is 2. The molecule has 0 spiro atoms. The van der Waals surface area contributed by atoms with E-state index in [0.29, 0.717) is 62.2 Å². The number of imidazole rings is 2. The van der Waals surface area contributed by atoms with Gasteiger partial charge in [0.2, 0.25) is 11.8 Å². The van der Waals surface area contributed by atoms with Gasteiger partial charge in [0.1, 0.15) is 22.9 Å². The predicted molar refractivity (Wildman–Crippen MR) is 245 cm³/mol. The van der Waals surface area contributed by atoms with Crippen molar-refractivity contribution in [2.75, 3.05) is 52.6 Å². The predicted octanol–water partition coefficient (Wildman–Crippen LogP) is 5.64. The summed E-state index contributed by atoms with van der Waals surface area (Å²) < 4.78 is 40.8. The average Bonchev–Trinajstić information content (AvgIpc) is 3.97. The molecule has 354 valence electrons. The second-order valence-corrected chi connectivity index (χ2v) is 17.9. The number of aromatic carboxylic acids is 1. The van der Waals surface area contributed by atoms with Crippen LogP contribution in [0.3, 0.4) is 0 Å². The highest BCUT2D eigenvalue weighted by atomic mass is 19.1. The van der Waals surface area contributed by atoms with Crippen LogP contribution in [0.25, 0.3) is 33.8 Å². The highest BCUT2D eigenvalue weighted by Gasteiger charge is 2.41. The maximum absolute atomic E-state index is 13.5. The van der Waals surface area contributed by atoms with Gasteiger partial charge in [0.05, 0.1) is 29.3 Å². The Kier molecular flexibility index (Phi) is 13.7. The summed E-state index contributed by atoms with van der Waals surface area (Å²) in [6.45, 7) is 12.3. The minimum atomic E-state index is -1.09. The minimum absolute atomic E-state index is 0. The number of hydrogen-bond acceptors (Lipinski definition) is 11. The van der Waals surface area contributed by atoms with Crippen molar-refractivity contribution < 1.29 is 44.0 Å². The lowest BCUT2D eigenvalue weighted by Gasteiger charge is -2.40. The maximum Gasteiger partial charge on any atom is 0.356 e. The number of amides is 3. The molecule has 19 heteroatoms. The summed E-state index contributed by atoms with van der Waals surface area (Å²) in [4.78, 5) is 58.4. The SMILES string of the molecule is CC1(C)C(=O)NCCN1C(=O)c1cn2nc(-c3ccc(F)cc3)cc(C3CCOCC3)c2n1.CC1(C)NCCNC1=O.O=C(O)c1cn2nc(-c3ccc(F)cc3)cc(C3CCOCC3)c2n1.[HH]. The Balaban J connectivity index is 0.000000172. The molecule has 4 N–H and O–H groups in total. The number of carboxylic acid groups (broad SMARTS) is 1. The van der Waals surface area contributed by atoms with E-state index in [1.807, 2.05) is 26.0 Å². The lowest BCUT2D eigenvalue weighted by molar-refractivity contribution is -0.133. The van der Waals surface area contributed by atoms with E-state index in [9.17, 15) is 33.1 Å². The van der Waals surface area contributed by atoms with Gasteiger partial charge in [-0.05, 0) is 126 Å². The van der Waals surface area contributed by atoms with Gasteiger partial charge in [-0.1, -0.05) is 0 Å². The van der Waals surface area contributed by atoms with Gasteiger partial charge in [-0.3, -0.25) is 14.4 Å². The summed E-state index contributed by atoms with van der Waals surface area (Å²) in [6, 6.07) is 16.2. The largest absolute Gasteiger partial charge is 0.476 e. The van der Waals surface area contributed by atoms with Crippen LogP contribution in [0.15, 0.2) is 73.1 Å². The van der Waals surface area contributed by atoms with Crippen LogP contribution in [0.1, 0.15) is 98.7 Å². The molecule has 8 heterocycles. The quantitative estimate of drug-likeness (QED) is 0.160. The minimum Gasteiger partial charge on any atom is -0.476 e. The van der Waals surface area contributed by atoms with Gasteiger partial charge in [-0.15, -0.1) is 0 Å². The first-order chi connectivity index (χ1) is 32.1. The number of hydrogen-bond donors (Lipinski definition) is 4. The Morgan fingerprint density at radius 3 is 1.60 bits per heavy atom. The molecule has 6 aromatic rings. The molecule has 3 amide bonds. The van der Waals surface area contributed by atoms with Crippen LogP contribution in [0.4, 0.5) is 8.78 Å². The summed E-state index contributed by atoms with van der Waals surface area (Å²) in [6.07, 6.45) is 6.41. The zero-order valence-electron chi connectivity index (χ0n) is 37.9. The van der Waals surface area contributed by atoms with Gasteiger partial charge < -0.3 is 35.4 Å². The molecule has 4 saturated heterocycles. The van der Waals surface area contributed by atoms with Crippen molar-refractivity contribution >= 4 is 35.0 Å². The third-order valence-electron chi connectivity index (χ3n) is 12.6. The van der Waals surface area contributed by atoms with E-state index in [1.165, 1.54) is 35.0 Å². The molecule has 0 atom stereocenters. The van der Waals surface area contributed by atoms with Gasteiger partial charge >= 0.3 is 5.97 Å². The Morgan fingerprint density at radius 1 is 0.687 bits per heavy atom. The lowest BCUT2D eigenvalue weighted by Crippen LogP contribution is -2.63. The van der Waals surface area contributed by atoms with E-state index < -0.39 is 11.5 Å². The van der Waals surface area contributed by atoms with Crippen LogP contribution in [0.5, 0.6) is 0 Å². The van der Waals surface area contributed by atoms with Crippen molar-refractivity contribution in [3.63, 3.8) is 0 Å². The Morgan fingerprint density at radius 2 is 1.15 bits per heavy atom. The molecule has 4 aromatic heterocycles. The Hall–Kier alpha value is -6.70. The van der Waals surface area contributed by atoms with Gasteiger partial charge in [0.15, 0.2) is 17.0 Å². The van der Waals surface area contributed by atoms with Crippen LogP contribution < -0.4 is 16.0 Å². The third-order valence-corrected chi connectivity index (χ3v) is 12.6. The number of piperazine rings is 2. The van der Waals surface area contributed by atoms with E-state index in [1.54, 1.807) is 53.7 Å². The fourth-order valence-electron chi connectivity index (χ4n) is 8.60. The summed E-state index contributed by atoms with van der Waals surface area (Å²) in [5, 5.41) is 27.1. The average molecular weight is 923 g/mol. The summed E-state index contributed by atoms with van der Waals surface area (Å²) in [5.74, 6) is -1.68. The van der Waals surface area contributed by atoms with E-state index >= 15 is 0 Å². The zero-order valence-corrected chi connectivity index (χ0v) is 37.9. The van der Waals surface area contributed by atoms with Crippen LogP contribution in [-0.2, 0) is 19.1 Å². The first-order valence-corrected chi connectivity index (χ1v) is 22.4. The molecule has 0 bridgehead atoms. The van der Waals surface area contributed by atoms with Crippen molar-refractivity contribution in [3.8, 4) is 22.5 Å². The van der Waals surface area contributed by atoms with Crippen molar-refractivity contribution in [2.24, 2.45) is 0 Å². The van der Waals surface area contributed by atoms with E-state index in [4.69, 9.17) is 9.47 Å². The second kappa shape index (κ2) is 19.6. The number of rotatable bonds is 6. The zero-order chi connectivity index (χ0) is 47.5. The maximum atomic E-state index is 13.5. The van der Waals surface area contributed by atoms with Crippen molar-refractivity contribution in [1.29, 1.82) is 0 Å². The number of nitrogens with one attached hydrogen (secondary N) is 3. The molecule has 4 fully saturated rings. The van der Waals surface area contributed by atoms with Crippen LogP contribution >= 0.6 is 0 Å². The number of carbonyl (C=O) groups is 4. The molecule has 67 heavy (non-hydrogen) atoms. The van der Waals surface area contributed by atoms with Gasteiger partial charge in [-0.2, -0.15) is 10.2 Å². The number of aromatic nitrogens is 6. The molecule has 0 saturated carbocycles. The van der Waals surface area contributed by atoms with Gasteiger partial charge in [0.25, 0.3) is 5.91 Å². The molecule has 17 nitrogen and oxygen atoms in total. The summed E-state index contributed by atoms with van der Waals surface area (Å²) in [7, 11) is 0. The fraction of sp³-hybridized carbons (Fsp3) is 0.417. The topological polar surface area (TPSA) is 207 Å². The number of carbonyl (C=O) groups excluding carboxylic acids is 3. The van der Waals surface area contributed by atoms with E-state index in [-0.39, 0.29) is 59.5 Å². The molecular weight excluding hydrogens is 867 g/mol. The van der Waals surface area contributed by atoms with Crippen LogP contribution in [-0.4, -0.2) is 127 Å². The van der Waals surface area contributed by atoms with Gasteiger partial charge in [-0.25, -0.2) is 32.6 Å². The smallest absolute Gasteiger partial charge is 0.356 e. The number of benzene rings is 2. The number of nitrogens with zero attached hydrogens (tertiary/aromatic N) is 7. The number of halogens is 2. The second-order valence-electron chi connectivity index (χ2n) is 17.9. The summed E-state index contributed by atoms with van der Waals surface area (Å²) in [5.41, 5.74) is 4.86. The Bertz CT molecular complexity index is 2790. The molecule has 2 aromatic carbocycles. The molecule has 0 radical (unpaired) electrons. The molecular formula is C48H56F2N10O7. The number of fused-ring (bicyclic) bond motifs is 2. The van der Waals surface area contributed by atoms with Crippen LogP contribution in [0, 0.1) is 11.6 Å². The fourth-order valence-corrected chi connectivity index (χ4v) is 8.60. The first-order valence-electron chi connectivity index (χ1n) is 22.4. The van der Waals surface area contributed by atoms with Crippen molar-refractivity contribution in [2.45, 2.75) is 76.3 Å².